The summed E-state index contributed by atoms with van der Waals surface area (Å²) in [6.45, 7) is 2.48. The third kappa shape index (κ3) is 5.77. The summed E-state index contributed by atoms with van der Waals surface area (Å²) in [6.07, 6.45) is 3.05. The van der Waals surface area contributed by atoms with Crippen LogP contribution in [-0.4, -0.2) is 99.2 Å². The van der Waals surface area contributed by atoms with Gasteiger partial charge in [0.25, 0.3) is 11.8 Å². The zero-order valence-corrected chi connectivity index (χ0v) is 25.7. The van der Waals surface area contributed by atoms with Crippen molar-refractivity contribution in [2.24, 2.45) is 16.4 Å². The minimum atomic E-state index is -1.54. The number of hydrogen-bond donors (Lipinski definition) is 6. The first-order valence-corrected chi connectivity index (χ1v) is 15.8. The molecule has 5 rings (SSSR count). The first-order valence-electron chi connectivity index (χ1n) is 12.9. The maximum absolute atomic E-state index is 13.3. The predicted molar refractivity (Wildman–Crippen MR) is 160 cm³/mol. The first-order chi connectivity index (χ1) is 20.9. The first kappa shape index (κ1) is 31.4. The van der Waals surface area contributed by atoms with Gasteiger partial charge < -0.3 is 31.0 Å². The molecule has 0 saturated carbocycles. The average Bonchev–Trinajstić information content (AvgIpc) is 3.64. The van der Waals surface area contributed by atoms with Crippen LogP contribution in [0.5, 0.6) is 0 Å². The predicted octanol–water partition coefficient (Wildman–Crippen LogP) is -0.987. The number of nitrogens with zero attached hydrogens (tertiary/aromatic N) is 6. The van der Waals surface area contributed by atoms with E-state index >= 15 is 0 Å². The number of aliphatic carboxylic acids is 1. The lowest BCUT2D eigenvalue weighted by atomic mass is 9.89. The minimum Gasteiger partial charge on any atom is -0.481 e. The van der Waals surface area contributed by atoms with Crippen molar-refractivity contribution < 1.29 is 34.2 Å². The van der Waals surface area contributed by atoms with Gasteiger partial charge in [0.15, 0.2) is 16.5 Å². The number of fused-ring (bicyclic) bond motifs is 2. The van der Waals surface area contributed by atoms with Crippen LogP contribution in [-0.2, 0) is 30.6 Å². The summed E-state index contributed by atoms with van der Waals surface area (Å²) in [4.78, 5) is 66.1. The van der Waals surface area contributed by atoms with Crippen LogP contribution in [0.15, 0.2) is 34.0 Å². The Labute approximate surface area is 261 Å². The quantitative estimate of drug-likeness (QED) is 0.0274. The van der Waals surface area contributed by atoms with Gasteiger partial charge in [0, 0.05) is 35.2 Å². The van der Waals surface area contributed by atoms with Gasteiger partial charge in [0.1, 0.15) is 27.6 Å². The third-order valence-electron chi connectivity index (χ3n) is 7.01. The van der Waals surface area contributed by atoms with Gasteiger partial charge in [-0.1, -0.05) is 5.16 Å². The fraction of sp³-hybridized carbons (Fsp3) is 0.417. The number of nitrogens with one attached hydrogen (secondary N) is 2. The van der Waals surface area contributed by atoms with Crippen LogP contribution in [0.1, 0.15) is 25.1 Å². The normalized spacial score (nSPS) is 21.9. The summed E-state index contributed by atoms with van der Waals surface area (Å²) in [5.41, 5.74) is 5.63. The number of thiazole rings is 1. The number of nitrogens with two attached hydrogens (primary N) is 2. The Morgan fingerprint density at radius 3 is 2.80 bits per heavy atom. The van der Waals surface area contributed by atoms with Crippen molar-refractivity contribution in [3.8, 4) is 0 Å². The second-order valence-electron chi connectivity index (χ2n) is 10.4. The summed E-state index contributed by atoms with van der Waals surface area (Å²) in [7, 11) is 0. The molecule has 2 saturated heterocycles. The topological polar surface area (TPSA) is 253 Å². The molecule has 3 aromatic rings. The number of aliphatic hydroxyl groups excluding tert-OH is 1. The lowest BCUT2D eigenvalue weighted by Crippen LogP contribution is -2.74. The number of β-lactam (4-membered cyclic amide) rings is 1. The fourth-order valence-electron chi connectivity index (χ4n) is 4.44. The molecule has 2 unspecified atom stereocenters. The Morgan fingerprint density at radius 1 is 1.36 bits per heavy atom. The van der Waals surface area contributed by atoms with E-state index in [4.69, 9.17) is 16.4 Å². The van der Waals surface area contributed by atoms with Gasteiger partial charge in [-0.3, -0.25) is 24.6 Å². The molecule has 0 bridgehead atoms. The molecular formula is C24H28N10O7S3. The van der Waals surface area contributed by atoms with E-state index in [1.54, 1.807) is 12.3 Å². The lowest BCUT2D eigenvalue weighted by Gasteiger charge is -2.53. The number of carbonyl (C=O) groups excluding carboxylic acids is 3. The Balaban J connectivity index is 1.29. The molecule has 2 aliphatic rings. The lowest BCUT2D eigenvalue weighted by molar-refractivity contribution is -0.157. The molecular weight excluding hydrogens is 637 g/mol. The van der Waals surface area contributed by atoms with Crippen LogP contribution in [0.3, 0.4) is 0 Å². The minimum absolute atomic E-state index is 0.0670. The van der Waals surface area contributed by atoms with Gasteiger partial charge in [0.05, 0.1) is 12.8 Å². The van der Waals surface area contributed by atoms with E-state index in [2.05, 4.69) is 25.5 Å². The van der Waals surface area contributed by atoms with Crippen molar-refractivity contribution in [2.45, 2.75) is 42.5 Å². The third-order valence-corrected chi connectivity index (χ3v) is 10.6. The highest BCUT2D eigenvalue weighted by molar-refractivity contribution is 8.00. The number of hydrazine groups is 1. The molecule has 3 aromatic heterocycles. The maximum Gasteiger partial charge on any atom is 0.313 e. The number of rotatable bonds is 11. The number of oxime groups is 1. The van der Waals surface area contributed by atoms with E-state index in [1.807, 2.05) is 5.43 Å². The summed E-state index contributed by atoms with van der Waals surface area (Å²) in [5.74, 6) is 2.47. The van der Waals surface area contributed by atoms with Gasteiger partial charge >= 0.3 is 5.97 Å². The van der Waals surface area contributed by atoms with Crippen molar-refractivity contribution in [1.82, 2.24) is 35.2 Å². The fourth-order valence-corrected chi connectivity index (χ4v) is 7.81. The Bertz CT molecular complexity index is 1660. The Hall–Kier alpha value is -3.98. The highest BCUT2D eigenvalue weighted by Gasteiger charge is 2.57. The highest BCUT2D eigenvalue weighted by Crippen LogP contribution is 2.44. The van der Waals surface area contributed by atoms with Crippen LogP contribution >= 0.6 is 34.9 Å². The number of aromatic nitrogens is 4. The number of amides is 3. The van der Waals surface area contributed by atoms with E-state index in [9.17, 15) is 29.4 Å². The molecule has 0 aliphatic carbocycles. The highest BCUT2D eigenvalue weighted by atomic mass is 32.2. The Kier molecular flexibility index (Phi) is 8.71. The molecule has 8 N–H and O–H groups in total. The molecule has 0 aromatic carbocycles. The molecule has 2 fully saturated rings. The average molecular weight is 665 g/mol. The van der Waals surface area contributed by atoms with Crippen LogP contribution in [0.2, 0.25) is 0 Å². The van der Waals surface area contributed by atoms with Crippen molar-refractivity contribution in [1.29, 1.82) is 0 Å². The number of aliphatic hydroxyl groups is 1. The number of carboxylic acids is 1. The van der Waals surface area contributed by atoms with Crippen molar-refractivity contribution in [3.63, 3.8) is 0 Å². The second-order valence-corrected chi connectivity index (χ2v) is 13.4. The van der Waals surface area contributed by atoms with Crippen LogP contribution < -0.4 is 22.3 Å². The zero-order valence-electron chi connectivity index (χ0n) is 23.3. The zero-order chi connectivity index (χ0) is 31.8. The summed E-state index contributed by atoms with van der Waals surface area (Å²) >= 11 is 3.55. The molecule has 20 heteroatoms. The number of nitrogen functional groups attached to an aromatic ring is 1. The molecule has 0 spiro atoms. The molecule has 2 aliphatic heterocycles. The van der Waals surface area contributed by atoms with Gasteiger partial charge in [-0.05, 0) is 19.9 Å². The maximum atomic E-state index is 13.3. The van der Waals surface area contributed by atoms with E-state index in [0.29, 0.717) is 16.2 Å². The molecule has 17 nitrogen and oxygen atoms in total. The summed E-state index contributed by atoms with van der Waals surface area (Å²) in [6, 6.07) is 0.734. The standard InChI is InChI=1S/C24H28N10O7S3/c1-23(2,20(38)31-26)41-32-14(12-7-42-22(25)29-12)17(36)30-15-18(37)33-8-24(21(39)40,10-44-19(15)33)9-43-13-3-4-27-16-11(6-35)5-28-34(13)16/h3-5,7,15,19,35H,6,8-10,26H2,1-2H3,(H2,25,29)(H,30,36)(H,31,38)(H,39,40)/t15?,19-,24?/m1/s1. The van der Waals surface area contributed by atoms with Crippen molar-refractivity contribution >= 4 is 75.0 Å². The van der Waals surface area contributed by atoms with E-state index in [0.717, 1.165) is 11.3 Å². The molecule has 3 atom stereocenters. The van der Waals surface area contributed by atoms with E-state index in [-0.39, 0.29) is 41.2 Å². The van der Waals surface area contributed by atoms with Gasteiger partial charge in [0.2, 0.25) is 11.5 Å². The van der Waals surface area contributed by atoms with Crippen molar-refractivity contribution in [3.05, 3.63) is 35.1 Å². The largest absolute Gasteiger partial charge is 0.481 e. The molecule has 234 valence electrons. The summed E-state index contributed by atoms with van der Waals surface area (Å²) < 4.78 is 1.53. The van der Waals surface area contributed by atoms with Crippen LogP contribution in [0, 0.1) is 5.41 Å². The molecule has 3 amide bonds. The number of carbonyl (C=O) groups is 4. The number of thioether (sulfide) groups is 2. The van der Waals surface area contributed by atoms with Gasteiger partial charge in [-0.15, -0.1) is 34.9 Å². The monoisotopic (exact) mass is 664 g/mol. The summed E-state index contributed by atoms with van der Waals surface area (Å²) in [5, 5.41) is 32.3. The SMILES string of the molecule is CC(C)(ON=C(C(=O)NC1C(=O)N2CC(CSc3ccnc4c(CO)cnn34)(C(=O)O)CS[C@H]12)c1csc(N)n1)C(=O)NN. The molecule has 0 radical (unpaired) electrons. The van der Waals surface area contributed by atoms with Crippen molar-refractivity contribution in [2.75, 3.05) is 23.8 Å². The number of anilines is 1. The smallest absolute Gasteiger partial charge is 0.313 e. The van der Waals surface area contributed by atoms with E-state index in [1.165, 1.54) is 58.4 Å². The number of hydrogen-bond acceptors (Lipinski definition) is 15. The molecule has 5 heterocycles. The molecule has 44 heavy (non-hydrogen) atoms. The second kappa shape index (κ2) is 12.2. The van der Waals surface area contributed by atoms with Crippen LogP contribution in [0.4, 0.5) is 5.13 Å². The Morgan fingerprint density at radius 2 is 2.14 bits per heavy atom. The van der Waals surface area contributed by atoms with Gasteiger partial charge in [-0.2, -0.15) is 5.10 Å². The van der Waals surface area contributed by atoms with E-state index < -0.39 is 46.1 Å². The van der Waals surface area contributed by atoms with Crippen LogP contribution in [0.25, 0.3) is 5.65 Å². The van der Waals surface area contributed by atoms with Gasteiger partial charge in [-0.25, -0.2) is 20.3 Å². The number of carboxylic acid groups (broad SMARTS) is 1.